The summed E-state index contributed by atoms with van der Waals surface area (Å²) in [5.74, 6) is -0.0959. The van der Waals surface area contributed by atoms with E-state index in [-0.39, 0.29) is 12.3 Å². The van der Waals surface area contributed by atoms with E-state index >= 15 is 0 Å². The Bertz CT molecular complexity index is 261. The van der Waals surface area contributed by atoms with Gasteiger partial charge in [0.2, 0.25) is 6.29 Å². The van der Waals surface area contributed by atoms with Crippen molar-refractivity contribution in [3.8, 4) is 0 Å². The molecule has 0 aromatic carbocycles. The zero-order chi connectivity index (χ0) is 15.9. The summed E-state index contributed by atoms with van der Waals surface area (Å²) in [6, 6.07) is 0. The lowest BCUT2D eigenvalue weighted by Gasteiger charge is -2.03. The Balaban J connectivity index is 1.66. The highest BCUT2D eigenvalue weighted by Crippen LogP contribution is 2.15. The van der Waals surface area contributed by atoms with Crippen LogP contribution in [0.5, 0.6) is 0 Å². The maximum absolute atomic E-state index is 11.3. The van der Waals surface area contributed by atoms with Gasteiger partial charge in [-0.3, -0.25) is 4.79 Å². The van der Waals surface area contributed by atoms with Gasteiger partial charge in [0, 0.05) is 6.42 Å². The summed E-state index contributed by atoms with van der Waals surface area (Å²) in [6.45, 7) is 2.86. The Kier molecular flexibility index (Phi) is 12.4. The lowest BCUT2D eigenvalue weighted by Crippen LogP contribution is -2.06. The third-order valence-corrected chi connectivity index (χ3v) is 4.30. The van der Waals surface area contributed by atoms with Crippen molar-refractivity contribution in [1.82, 2.24) is 0 Å². The number of epoxide rings is 1. The molecule has 0 aliphatic carbocycles. The summed E-state index contributed by atoms with van der Waals surface area (Å²) < 4.78 is 9.87. The Morgan fingerprint density at radius 2 is 1.23 bits per heavy atom. The molecule has 0 spiro atoms. The third-order valence-electron chi connectivity index (χ3n) is 4.30. The predicted octanol–water partition coefficient (Wildman–Crippen LogP) is 5.76. The van der Waals surface area contributed by atoms with E-state index in [1.807, 2.05) is 0 Å². The molecule has 1 rings (SSSR count). The van der Waals surface area contributed by atoms with Gasteiger partial charge in [-0.05, 0) is 6.42 Å². The van der Waals surface area contributed by atoms with Crippen LogP contribution in [0, 0.1) is 0 Å². The molecule has 130 valence electrons. The minimum Gasteiger partial charge on any atom is -0.433 e. The van der Waals surface area contributed by atoms with E-state index in [0.717, 1.165) is 12.8 Å². The van der Waals surface area contributed by atoms with E-state index in [0.29, 0.717) is 13.0 Å². The van der Waals surface area contributed by atoms with Crippen molar-refractivity contribution in [3.63, 3.8) is 0 Å². The molecule has 0 aromatic heterocycles. The highest BCUT2D eigenvalue weighted by Gasteiger charge is 2.26. The van der Waals surface area contributed by atoms with Crippen molar-refractivity contribution in [1.29, 1.82) is 0 Å². The fourth-order valence-electron chi connectivity index (χ4n) is 2.78. The predicted molar refractivity (Wildman–Crippen MR) is 90.8 cm³/mol. The van der Waals surface area contributed by atoms with Gasteiger partial charge in [0.05, 0.1) is 0 Å². The highest BCUT2D eigenvalue weighted by molar-refractivity contribution is 5.69. The van der Waals surface area contributed by atoms with Gasteiger partial charge in [-0.15, -0.1) is 0 Å². The molecule has 1 heterocycles. The molecule has 0 radical (unpaired) electrons. The smallest absolute Gasteiger partial charge is 0.308 e. The molecular weight excluding hydrogens is 276 g/mol. The first-order valence-electron chi connectivity index (χ1n) is 9.64. The van der Waals surface area contributed by atoms with Crippen molar-refractivity contribution in [3.05, 3.63) is 0 Å². The fraction of sp³-hybridized carbons (Fsp3) is 0.947. The van der Waals surface area contributed by atoms with Crippen molar-refractivity contribution in [2.75, 3.05) is 6.61 Å². The summed E-state index contributed by atoms with van der Waals surface area (Å²) in [5, 5.41) is 0. The number of unbranched alkanes of at least 4 members (excludes halogenated alkanes) is 13. The maximum atomic E-state index is 11.3. The van der Waals surface area contributed by atoms with Crippen LogP contribution in [0.4, 0.5) is 0 Å². The molecular formula is C19H36O3. The number of esters is 1. The largest absolute Gasteiger partial charge is 0.433 e. The Labute approximate surface area is 137 Å². The summed E-state index contributed by atoms with van der Waals surface area (Å²) in [5.41, 5.74) is 0. The molecule has 1 atom stereocenters. The van der Waals surface area contributed by atoms with Crippen molar-refractivity contribution >= 4 is 5.97 Å². The van der Waals surface area contributed by atoms with E-state index < -0.39 is 0 Å². The summed E-state index contributed by atoms with van der Waals surface area (Å²) >= 11 is 0. The third kappa shape index (κ3) is 13.1. The number of ether oxygens (including phenoxy) is 2. The van der Waals surface area contributed by atoms with E-state index in [1.165, 1.54) is 77.0 Å². The minimum absolute atomic E-state index is 0.0959. The summed E-state index contributed by atoms with van der Waals surface area (Å²) in [4.78, 5) is 11.3. The topological polar surface area (TPSA) is 38.8 Å². The Morgan fingerprint density at radius 3 is 1.64 bits per heavy atom. The number of hydrogen-bond donors (Lipinski definition) is 0. The van der Waals surface area contributed by atoms with Gasteiger partial charge in [0.15, 0.2) is 0 Å². The van der Waals surface area contributed by atoms with Gasteiger partial charge in [0.1, 0.15) is 6.61 Å². The molecule has 3 nitrogen and oxygen atoms in total. The molecule has 1 unspecified atom stereocenters. The second kappa shape index (κ2) is 14.0. The van der Waals surface area contributed by atoms with Gasteiger partial charge in [-0.2, -0.15) is 0 Å². The monoisotopic (exact) mass is 312 g/mol. The number of carbonyl (C=O) groups is 1. The molecule has 22 heavy (non-hydrogen) atoms. The maximum Gasteiger partial charge on any atom is 0.308 e. The molecule has 0 aromatic rings. The lowest BCUT2D eigenvalue weighted by molar-refractivity contribution is -0.148. The van der Waals surface area contributed by atoms with Crippen LogP contribution in [0.15, 0.2) is 0 Å². The van der Waals surface area contributed by atoms with Crippen LogP contribution in [0.1, 0.15) is 103 Å². The quantitative estimate of drug-likeness (QED) is 0.207. The van der Waals surface area contributed by atoms with E-state index in [4.69, 9.17) is 9.47 Å². The highest BCUT2D eigenvalue weighted by atomic mass is 16.8. The van der Waals surface area contributed by atoms with Gasteiger partial charge >= 0.3 is 5.97 Å². The molecule has 0 N–H and O–H groups in total. The Hall–Kier alpha value is -0.570. The Morgan fingerprint density at radius 1 is 0.818 bits per heavy atom. The summed E-state index contributed by atoms with van der Waals surface area (Å²) in [7, 11) is 0. The normalized spacial score (nSPS) is 16.7. The van der Waals surface area contributed by atoms with Gasteiger partial charge in [0.25, 0.3) is 0 Å². The van der Waals surface area contributed by atoms with Gasteiger partial charge in [-0.25, -0.2) is 0 Å². The lowest BCUT2D eigenvalue weighted by atomic mass is 10.0. The second-order valence-electron chi connectivity index (χ2n) is 6.60. The summed E-state index contributed by atoms with van der Waals surface area (Å²) in [6.07, 6.45) is 19.1. The van der Waals surface area contributed by atoms with Crippen LogP contribution in [0.3, 0.4) is 0 Å². The number of rotatable bonds is 16. The van der Waals surface area contributed by atoms with Crippen molar-refractivity contribution in [2.45, 2.75) is 110 Å². The molecule has 1 saturated heterocycles. The number of carbonyl (C=O) groups excluding carboxylic acids is 1. The molecule has 0 bridgehead atoms. The van der Waals surface area contributed by atoms with Crippen LogP contribution in [0.25, 0.3) is 0 Å². The van der Waals surface area contributed by atoms with Crippen LogP contribution in [0.2, 0.25) is 0 Å². The first-order chi connectivity index (χ1) is 10.8. The molecule has 1 aliphatic rings. The first kappa shape index (κ1) is 19.5. The van der Waals surface area contributed by atoms with Crippen molar-refractivity contribution < 1.29 is 14.3 Å². The van der Waals surface area contributed by atoms with Crippen LogP contribution >= 0.6 is 0 Å². The van der Waals surface area contributed by atoms with E-state index in [9.17, 15) is 4.79 Å². The van der Waals surface area contributed by atoms with Crippen LogP contribution < -0.4 is 0 Å². The molecule has 0 amide bonds. The van der Waals surface area contributed by atoms with E-state index in [1.54, 1.807) is 0 Å². The average molecular weight is 312 g/mol. The van der Waals surface area contributed by atoms with Gasteiger partial charge < -0.3 is 9.47 Å². The zero-order valence-corrected chi connectivity index (χ0v) is 14.6. The fourth-order valence-corrected chi connectivity index (χ4v) is 2.78. The van der Waals surface area contributed by atoms with Gasteiger partial charge in [-0.1, -0.05) is 90.4 Å². The molecule has 0 saturated carbocycles. The molecule has 1 fully saturated rings. The first-order valence-corrected chi connectivity index (χ1v) is 9.64. The second-order valence-corrected chi connectivity index (χ2v) is 6.60. The average Bonchev–Trinajstić information content (AvgIpc) is 3.31. The van der Waals surface area contributed by atoms with Crippen LogP contribution in [-0.2, 0) is 14.3 Å². The zero-order valence-electron chi connectivity index (χ0n) is 14.6. The molecule has 1 aliphatic heterocycles. The molecule has 3 heteroatoms. The SMILES string of the molecule is CCCCCCCCCCCCCCCCC(=O)OC1CO1. The van der Waals surface area contributed by atoms with Crippen LogP contribution in [-0.4, -0.2) is 18.9 Å². The van der Waals surface area contributed by atoms with Crippen molar-refractivity contribution in [2.24, 2.45) is 0 Å². The number of hydrogen-bond acceptors (Lipinski definition) is 3. The van der Waals surface area contributed by atoms with E-state index in [2.05, 4.69) is 6.92 Å². The standard InChI is InChI=1S/C19H36O3/c1-2-3-4-5-6-7-8-9-10-11-12-13-14-15-16-18(20)22-19-17-21-19/h19H,2-17H2,1H3. The minimum atomic E-state index is -0.223.